The van der Waals surface area contributed by atoms with Crippen LogP contribution in [0.15, 0.2) is 54.6 Å². The first-order chi connectivity index (χ1) is 9.22. The quantitative estimate of drug-likeness (QED) is 0.755. The highest BCUT2D eigenvalue weighted by Crippen LogP contribution is 2.22. The van der Waals surface area contributed by atoms with Crippen LogP contribution in [0.25, 0.3) is 0 Å². The molecule has 1 atom stereocenters. The zero-order valence-corrected chi connectivity index (χ0v) is 11.3. The third-order valence-electron chi connectivity index (χ3n) is 2.98. The van der Waals surface area contributed by atoms with Crippen LogP contribution in [0.5, 0.6) is 0 Å². The van der Waals surface area contributed by atoms with Gasteiger partial charge in [0.1, 0.15) is 6.10 Å². The SMILES string of the molecule is CCOC(C(=O)c1cccc(C)c1)c1ccccc1. The summed E-state index contributed by atoms with van der Waals surface area (Å²) in [6.45, 7) is 4.39. The lowest BCUT2D eigenvalue weighted by Gasteiger charge is -2.16. The van der Waals surface area contributed by atoms with Gasteiger partial charge in [0.05, 0.1) is 0 Å². The second kappa shape index (κ2) is 6.30. The Morgan fingerprint density at radius 1 is 1.11 bits per heavy atom. The van der Waals surface area contributed by atoms with Crippen molar-refractivity contribution in [2.24, 2.45) is 0 Å². The summed E-state index contributed by atoms with van der Waals surface area (Å²) in [5.41, 5.74) is 2.67. The lowest BCUT2D eigenvalue weighted by atomic mass is 9.98. The third-order valence-corrected chi connectivity index (χ3v) is 2.98. The van der Waals surface area contributed by atoms with Crippen molar-refractivity contribution in [2.75, 3.05) is 6.61 Å². The number of ketones is 1. The maximum atomic E-state index is 12.6. The van der Waals surface area contributed by atoms with E-state index >= 15 is 0 Å². The van der Waals surface area contributed by atoms with Gasteiger partial charge in [-0.2, -0.15) is 0 Å². The van der Waals surface area contributed by atoms with Crippen molar-refractivity contribution in [3.05, 3.63) is 71.3 Å². The molecule has 0 heterocycles. The Morgan fingerprint density at radius 2 is 1.84 bits per heavy atom. The van der Waals surface area contributed by atoms with E-state index < -0.39 is 6.10 Å². The Morgan fingerprint density at radius 3 is 2.47 bits per heavy atom. The summed E-state index contributed by atoms with van der Waals surface area (Å²) in [4.78, 5) is 12.6. The van der Waals surface area contributed by atoms with E-state index in [-0.39, 0.29) is 5.78 Å². The highest BCUT2D eigenvalue weighted by Gasteiger charge is 2.22. The van der Waals surface area contributed by atoms with Crippen molar-refractivity contribution in [1.82, 2.24) is 0 Å². The second-order valence-electron chi connectivity index (χ2n) is 4.48. The smallest absolute Gasteiger partial charge is 0.196 e. The fraction of sp³-hybridized carbons (Fsp3) is 0.235. The van der Waals surface area contributed by atoms with Crippen LogP contribution >= 0.6 is 0 Å². The molecule has 0 aliphatic rings. The Kier molecular flexibility index (Phi) is 4.48. The van der Waals surface area contributed by atoms with Gasteiger partial charge in [0.15, 0.2) is 5.78 Å². The summed E-state index contributed by atoms with van der Waals surface area (Å²) >= 11 is 0. The molecule has 0 aliphatic heterocycles. The molecule has 98 valence electrons. The number of hydrogen-bond donors (Lipinski definition) is 0. The van der Waals surface area contributed by atoms with E-state index in [1.165, 1.54) is 0 Å². The van der Waals surface area contributed by atoms with Crippen LogP contribution in [-0.4, -0.2) is 12.4 Å². The van der Waals surface area contributed by atoms with Crippen molar-refractivity contribution in [3.8, 4) is 0 Å². The van der Waals surface area contributed by atoms with E-state index in [0.717, 1.165) is 11.1 Å². The number of Topliss-reactive ketones (excluding diaryl/α,β-unsaturated/α-hetero) is 1. The molecule has 2 heteroatoms. The Bertz CT molecular complexity index is 546. The van der Waals surface area contributed by atoms with Gasteiger partial charge in [0.2, 0.25) is 0 Å². The van der Waals surface area contributed by atoms with E-state index in [2.05, 4.69) is 0 Å². The van der Waals surface area contributed by atoms with E-state index in [4.69, 9.17) is 4.74 Å². The van der Waals surface area contributed by atoms with Crippen LogP contribution in [-0.2, 0) is 4.74 Å². The van der Waals surface area contributed by atoms with Gasteiger partial charge < -0.3 is 4.74 Å². The third kappa shape index (κ3) is 3.30. The number of benzene rings is 2. The van der Waals surface area contributed by atoms with Gasteiger partial charge in [-0.3, -0.25) is 4.79 Å². The van der Waals surface area contributed by atoms with Gasteiger partial charge in [-0.1, -0.05) is 54.1 Å². The summed E-state index contributed by atoms with van der Waals surface area (Å²) < 4.78 is 5.63. The van der Waals surface area contributed by atoms with Crippen LogP contribution in [0.2, 0.25) is 0 Å². The predicted octanol–water partition coefficient (Wildman–Crippen LogP) is 3.96. The predicted molar refractivity (Wildman–Crippen MR) is 76.3 cm³/mol. The molecule has 0 saturated carbocycles. The first-order valence-electron chi connectivity index (χ1n) is 6.50. The fourth-order valence-corrected chi connectivity index (χ4v) is 2.07. The molecule has 0 N–H and O–H groups in total. The Labute approximate surface area is 114 Å². The van der Waals surface area contributed by atoms with Gasteiger partial charge in [-0.15, -0.1) is 0 Å². The molecule has 0 bridgehead atoms. The molecule has 2 nitrogen and oxygen atoms in total. The molecule has 2 aromatic rings. The number of carbonyl (C=O) groups is 1. The summed E-state index contributed by atoms with van der Waals surface area (Å²) in [5.74, 6) is 0.0109. The summed E-state index contributed by atoms with van der Waals surface area (Å²) in [7, 11) is 0. The first kappa shape index (κ1) is 13.5. The van der Waals surface area contributed by atoms with Crippen LogP contribution < -0.4 is 0 Å². The first-order valence-corrected chi connectivity index (χ1v) is 6.50. The van der Waals surface area contributed by atoms with Crippen molar-refractivity contribution in [2.45, 2.75) is 20.0 Å². The normalized spacial score (nSPS) is 12.1. The lowest BCUT2D eigenvalue weighted by Crippen LogP contribution is -2.16. The minimum Gasteiger partial charge on any atom is -0.366 e. The molecule has 2 rings (SSSR count). The van der Waals surface area contributed by atoms with Gasteiger partial charge in [0, 0.05) is 12.2 Å². The average Bonchev–Trinajstić information content (AvgIpc) is 2.45. The summed E-state index contributed by atoms with van der Waals surface area (Å²) in [6.07, 6.45) is -0.520. The number of hydrogen-bond acceptors (Lipinski definition) is 2. The van der Waals surface area contributed by atoms with Gasteiger partial charge in [-0.25, -0.2) is 0 Å². The molecule has 0 aliphatic carbocycles. The molecule has 0 saturated heterocycles. The second-order valence-corrected chi connectivity index (χ2v) is 4.48. The molecular weight excluding hydrogens is 236 g/mol. The number of rotatable bonds is 5. The topological polar surface area (TPSA) is 26.3 Å². The largest absolute Gasteiger partial charge is 0.366 e. The molecule has 0 fully saturated rings. The summed E-state index contributed by atoms with van der Waals surface area (Å²) in [5, 5.41) is 0. The van der Waals surface area contributed by atoms with Crippen LogP contribution in [0, 0.1) is 6.92 Å². The van der Waals surface area contributed by atoms with Gasteiger partial charge in [0.25, 0.3) is 0 Å². The number of aryl methyl sites for hydroxylation is 1. The maximum absolute atomic E-state index is 12.6. The Hall–Kier alpha value is -1.93. The molecule has 2 aromatic carbocycles. The van der Waals surface area contributed by atoms with Crippen molar-refractivity contribution < 1.29 is 9.53 Å². The summed E-state index contributed by atoms with van der Waals surface area (Å²) in [6, 6.07) is 17.2. The van der Waals surface area contributed by atoms with Crippen LogP contribution in [0.4, 0.5) is 0 Å². The Balaban J connectivity index is 2.32. The van der Waals surface area contributed by atoms with Crippen molar-refractivity contribution in [3.63, 3.8) is 0 Å². The van der Waals surface area contributed by atoms with Crippen molar-refractivity contribution in [1.29, 1.82) is 0 Å². The van der Waals surface area contributed by atoms with Crippen LogP contribution in [0.1, 0.15) is 34.5 Å². The standard InChI is InChI=1S/C17H18O2/c1-3-19-17(14-9-5-4-6-10-14)16(18)15-11-7-8-13(2)12-15/h4-12,17H,3H2,1-2H3. The van der Waals surface area contributed by atoms with E-state index in [0.29, 0.717) is 12.2 Å². The fourth-order valence-electron chi connectivity index (χ4n) is 2.07. The maximum Gasteiger partial charge on any atom is 0.196 e. The molecule has 0 amide bonds. The van der Waals surface area contributed by atoms with E-state index in [9.17, 15) is 4.79 Å². The van der Waals surface area contributed by atoms with Crippen LogP contribution in [0.3, 0.4) is 0 Å². The van der Waals surface area contributed by atoms with E-state index in [1.807, 2.05) is 68.4 Å². The highest BCUT2D eigenvalue weighted by atomic mass is 16.5. The zero-order valence-electron chi connectivity index (χ0n) is 11.3. The monoisotopic (exact) mass is 254 g/mol. The minimum absolute atomic E-state index is 0.0109. The molecular formula is C17H18O2. The molecule has 0 spiro atoms. The molecule has 0 aromatic heterocycles. The number of ether oxygens (including phenoxy) is 1. The molecule has 19 heavy (non-hydrogen) atoms. The zero-order chi connectivity index (χ0) is 13.7. The van der Waals surface area contributed by atoms with Gasteiger partial charge >= 0.3 is 0 Å². The van der Waals surface area contributed by atoms with Crippen molar-refractivity contribution >= 4 is 5.78 Å². The highest BCUT2D eigenvalue weighted by molar-refractivity contribution is 6.00. The number of carbonyl (C=O) groups excluding carboxylic acids is 1. The molecule has 1 unspecified atom stereocenters. The average molecular weight is 254 g/mol. The lowest BCUT2D eigenvalue weighted by molar-refractivity contribution is 0.0452. The van der Waals surface area contributed by atoms with E-state index in [1.54, 1.807) is 0 Å². The van der Waals surface area contributed by atoms with Gasteiger partial charge in [-0.05, 0) is 25.5 Å². The molecule has 0 radical (unpaired) electrons. The minimum atomic E-state index is -0.520.